The van der Waals surface area contributed by atoms with Crippen molar-refractivity contribution in [2.24, 2.45) is 0 Å². The third kappa shape index (κ3) is 9.19. The van der Waals surface area contributed by atoms with Crippen LogP contribution in [0.4, 0.5) is 14.4 Å². The number of aryl methyl sites for hydroxylation is 1. The quantitative estimate of drug-likeness (QED) is 0.391. The number of alkyl carbamates (subject to hydrolysis) is 1. The van der Waals surface area contributed by atoms with Gasteiger partial charge in [-0.05, 0) is 52.7 Å². The zero-order chi connectivity index (χ0) is 26.0. The van der Waals surface area contributed by atoms with Gasteiger partial charge in [-0.2, -0.15) is 0 Å². The second-order valence-corrected chi connectivity index (χ2v) is 8.71. The summed E-state index contributed by atoms with van der Waals surface area (Å²) in [5, 5.41) is 3.85. The lowest BCUT2D eigenvalue weighted by Gasteiger charge is -2.34. The third-order valence-corrected chi connectivity index (χ3v) is 4.86. The standard InChI is InChI=1S/C26H35N3O6/c1-17(2)34-25(31)28-29(26(32)35-18(3)4)20(6)23(22-14-10-11-19(5)15-22)27-24(30)33-16-21-12-8-7-9-13-21/h7-15,17-18,20,23H,16H2,1-6H3,(H,27,30)(H,28,31)/t20-,23+/m1/s1. The molecular formula is C26H35N3O6. The largest absolute Gasteiger partial charge is 0.446 e. The van der Waals surface area contributed by atoms with Gasteiger partial charge in [-0.15, -0.1) is 0 Å². The molecule has 2 aromatic carbocycles. The smallest absolute Gasteiger partial charge is 0.429 e. The molecule has 9 nitrogen and oxygen atoms in total. The van der Waals surface area contributed by atoms with E-state index in [1.165, 1.54) is 0 Å². The van der Waals surface area contributed by atoms with Crippen LogP contribution in [0.15, 0.2) is 54.6 Å². The first-order chi connectivity index (χ1) is 16.6. The molecule has 2 N–H and O–H groups in total. The van der Waals surface area contributed by atoms with Crippen LogP contribution < -0.4 is 10.7 Å². The molecule has 0 saturated carbocycles. The van der Waals surface area contributed by atoms with Crippen molar-refractivity contribution in [2.75, 3.05) is 0 Å². The fourth-order valence-electron chi connectivity index (χ4n) is 3.30. The van der Waals surface area contributed by atoms with E-state index in [9.17, 15) is 14.4 Å². The van der Waals surface area contributed by atoms with E-state index < -0.39 is 42.6 Å². The summed E-state index contributed by atoms with van der Waals surface area (Å²) in [6, 6.07) is 15.2. The van der Waals surface area contributed by atoms with Crippen molar-refractivity contribution < 1.29 is 28.6 Å². The molecule has 0 spiro atoms. The first-order valence-corrected chi connectivity index (χ1v) is 11.6. The topological polar surface area (TPSA) is 106 Å². The van der Waals surface area contributed by atoms with Crippen LogP contribution in [0.1, 0.15) is 57.4 Å². The number of rotatable bonds is 8. The highest BCUT2D eigenvalue weighted by Crippen LogP contribution is 2.23. The highest BCUT2D eigenvalue weighted by atomic mass is 16.6. The van der Waals surface area contributed by atoms with Gasteiger partial charge < -0.3 is 19.5 Å². The van der Waals surface area contributed by atoms with E-state index in [0.29, 0.717) is 0 Å². The van der Waals surface area contributed by atoms with Crippen LogP contribution in [0.5, 0.6) is 0 Å². The number of hydrogen-bond donors (Lipinski definition) is 2. The highest BCUT2D eigenvalue weighted by molar-refractivity contribution is 5.75. The lowest BCUT2D eigenvalue weighted by Crippen LogP contribution is -2.56. The summed E-state index contributed by atoms with van der Waals surface area (Å²) in [6.45, 7) is 10.5. The van der Waals surface area contributed by atoms with Crippen molar-refractivity contribution in [3.8, 4) is 0 Å². The minimum Gasteiger partial charge on any atom is -0.446 e. The minimum absolute atomic E-state index is 0.0830. The minimum atomic E-state index is -0.817. The van der Waals surface area contributed by atoms with Gasteiger partial charge in [0.05, 0.1) is 24.3 Å². The maximum Gasteiger partial charge on any atom is 0.429 e. The average molecular weight is 486 g/mol. The van der Waals surface area contributed by atoms with Crippen molar-refractivity contribution in [1.82, 2.24) is 15.8 Å². The lowest BCUT2D eigenvalue weighted by atomic mass is 9.98. The number of hydrogen-bond acceptors (Lipinski definition) is 6. The van der Waals surface area contributed by atoms with E-state index in [1.54, 1.807) is 34.6 Å². The zero-order valence-electron chi connectivity index (χ0n) is 21.1. The summed E-state index contributed by atoms with van der Waals surface area (Å²) < 4.78 is 15.9. The molecule has 0 aliphatic heterocycles. The molecule has 190 valence electrons. The van der Waals surface area contributed by atoms with Gasteiger partial charge >= 0.3 is 18.3 Å². The maximum atomic E-state index is 12.9. The Balaban J connectivity index is 2.30. The zero-order valence-corrected chi connectivity index (χ0v) is 21.1. The fraction of sp³-hybridized carbons (Fsp3) is 0.423. The van der Waals surface area contributed by atoms with Gasteiger partial charge in [-0.3, -0.25) is 0 Å². The molecule has 0 fully saturated rings. The molecule has 0 saturated heterocycles. The van der Waals surface area contributed by atoms with Gasteiger partial charge in [0.15, 0.2) is 0 Å². The van der Waals surface area contributed by atoms with Gasteiger partial charge in [0.25, 0.3) is 0 Å². The van der Waals surface area contributed by atoms with Crippen LogP contribution in [0.3, 0.4) is 0 Å². The van der Waals surface area contributed by atoms with Crippen molar-refractivity contribution in [3.05, 3.63) is 71.3 Å². The predicted octanol–water partition coefficient (Wildman–Crippen LogP) is 5.25. The second kappa shape index (κ2) is 13.2. The number of hydrazine groups is 1. The maximum absolute atomic E-state index is 12.9. The Hall–Kier alpha value is -3.75. The van der Waals surface area contributed by atoms with E-state index >= 15 is 0 Å². The Labute approximate surface area is 206 Å². The molecule has 0 heterocycles. The second-order valence-electron chi connectivity index (χ2n) is 8.71. The van der Waals surface area contributed by atoms with E-state index in [2.05, 4.69) is 10.7 Å². The summed E-state index contributed by atoms with van der Waals surface area (Å²) in [7, 11) is 0. The van der Waals surface area contributed by atoms with E-state index in [-0.39, 0.29) is 6.61 Å². The first kappa shape index (κ1) is 27.5. The molecule has 35 heavy (non-hydrogen) atoms. The van der Waals surface area contributed by atoms with Gasteiger partial charge in [0.1, 0.15) is 6.61 Å². The number of nitrogens with one attached hydrogen (secondary N) is 2. The molecular weight excluding hydrogens is 450 g/mol. The Morgan fingerprint density at radius 3 is 2.11 bits per heavy atom. The van der Waals surface area contributed by atoms with Crippen LogP contribution >= 0.6 is 0 Å². The first-order valence-electron chi connectivity index (χ1n) is 11.6. The Bertz CT molecular complexity index is 980. The van der Waals surface area contributed by atoms with Crippen molar-refractivity contribution in [2.45, 2.75) is 72.4 Å². The summed E-state index contributed by atoms with van der Waals surface area (Å²) in [6.07, 6.45) is -3.10. The Morgan fingerprint density at radius 2 is 1.51 bits per heavy atom. The number of ether oxygens (including phenoxy) is 3. The van der Waals surface area contributed by atoms with Crippen molar-refractivity contribution in [3.63, 3.8) is 0 Å². The van der Waals surface area contributed by atoms with Gasteiger partial charge in [0, 0.05) is 0 Å². The van der Waals surface area contributed by atoms with Gasteiger partial charge in [-0.25, -0.2) is 24.8 Å². The predicted molar refractivity (Wildman–Crippen MR) is 131 cm³/mol. The number of nitrogens with zero attached hydrogens (tertiary/aromatic N) is 1. The summed E-state index contributed by atoms with van der Waals surface area (Å²) in [5.74, 6) is 0. The van der Waals surface area contributed by atoms with E-state index in [0.717, 1.165) is 21.7 Å². The average Bonchev–Trinajstić information content (AvgIpc) is 2.79. The monoisotopic (exact) mass is 485 g/mol. The summed E-state index contributed by atoms with van der Waals surface area (Å²) in [4.78, 5) is 38.0. The van der Waals surface area contributed by atoms with Crippen molar-refractivity contribution >= 4 is 18.3 Å². The number of carbonyl (C=O) groups is 3. The SMILES string of the molecule is Cc1cccc([C@@H](NC(=O)OCc2ccccc2)[C@@H](C)N(NC(=O)OC(C)C)C(=O)OC(C)C)c1. The van der Waals surface area contributed by atoms with Crippen LogP contribution in [0.2, 0.25) is 0 Å². The summed E-state index contributed by atoms with van der Waals surface area (Å²) in [5.41, 5.74) is 4.97. The molecule has 0 radical (unpaired) electrons. The van der Waals surface area contributed by atoms with Gasteiger partial charge in [0.2, 0.25) is 0 Å². The van der Waals surface area contributed by atoms with Gasteiger partial charge in [-0.1, -0.05) is 60.2 Å². The Morgan fingerprint density at radius 1 is 0.857 bits per heavy atom. The Kier molecular flexibility index (Phi) is 10.4. The molecule has 0 aliphatic carbocycles. The van der Waals surface area contributed by atoms with Crippen LogP contribution in [0, 0.1) is 6.92 Å². The van der Waals surface area contributed by atoms with Crippen molar-refractivity contribution in [1.29, 1.82) is 0 Å². The number of benzene rings is 2. The van der Waals surface area contributed by atoms with E-state index in [1.807, 2.05) is 61.5 Å². The molecule has 2 rings (SSSR count). The molecule has 2 aromatic rings. The van der Waals surface area contributed by atoms with Crippen LogP contribution in [-0.4, -0.2) is 41.5 Å². The molecule has 0 unspecified atom stereocenters. The fourth-order valence-corrected chi connectivity index (χ4v) is 3.30. The summed E-state index contributed by atoms with van der Waals surface area (Å²) >= 11 is 0. The molecule has 9 heteroatoms. The normalized spacial score (nSPS) is 12.5. The number of amides is 3. The highest BCUT2D eigenvalue weighted by Gasteiger charge is 2.33. The molecule has 0 bridgehead atoms. The van der Waals surface area contributed by atoms with E-state index in [4.69, 9.17) is 14.2 Å². The molecule has 3 amide bonds. The molecule has 0 aliphatic rings. The molecule has 0 aromatic heterocycles. The van der Waals surface area contributed by atoms with Crippen LogP contribution in [-0.2, 0) is 20.8 Å². The molecule has 2 atom stereocenters. The number of carbonyl (C=O) groups excluding carboxylic acids is 3. The van der Waals surface area contributed by atoms with Crippen LogP contribution in [0.25, 0.3) is 0 Å². The lowest BCUT2D eigenvalue weighted by molar-refractivity contribution is 0.0267. The third-order valence-electron chi connectivity index (χ3n) is 4.86.